The summed E-state index contributed by atoms with van der Waals surface area (Å²) in [5.41, 5.74) is 1.71. The summed E-state index contributed by atoms with van der Waals surface area (Å²) in [4.78, 5) is 12.6. The topological polar surface area (TPSA) is 114 Å². The molecule has 1 aliphatic rings. The third-order valence-corrected chi connectivity index (χ3v) is 7.26. The van der Waals surface area contributed by atoms with E-state index >= 15 is 0 Å². The number of nitrogens with one attached hydrogen (secondary N) is 1. The van der Waals surface area contributed by atoms with Crippen LogP contribution < -0.4 is 23.8 Å². The molecule has 4 rings (SSSR count). The highest BCUT2D eigenvalue weighted by atomic mass is 32.2. The Morgan fingerprint density at radius 3 is 2.46 bits per heavy atom. The molecule has 0 saturated heterocycles. The highest BCUT2D eigenvalue weighted by molar-refractivity contribution is 7.92. The van der Waals surface area contributed by atoms with Crippen molar-refractivity contribution >= 4 is 21.6 Å². The number of rotatable bonds is 9. The summed E-state index contributed by atoms with van der Waals surface area (Å²) in [7, 11) is -2.27. The molecule has 0 aromatic heterocycles. The van der Waals surface area contributed by atoms with Gasteiger partial charge >= 0.3 is 0 Å². The summed E-state index contributed by atoms with van der Waals surface area (Å²) in [5.74, 6) is 1.32. The van der Waals surface area contributed by atoms with Gasteiger partial charge in [-0.25, -0.2) is 8.42 Å². The first-order chi connectivity index (χ1) is 16.7. The summed E-state index contributed by atoms with van der Waals surface area (Å²) in [6, 6.07) is 17.9. The zero-order valence-corrected chi connectivity index (χ0v) is 20.1. The highest BCUT2D eigenvalue weighted by Crippen LogP contribution is 2.35. The number of hydrogen-bond donors (Lipinski definition) is 2. The number of anilines is 1. The number of fused-ring (bicyclic) bond motifs is 1. The first kappa shape index (κ1) is 24.4. The van der Waals surface area contributed by atoms with Crippen LogP contribution in [0.2, 0.25) is 0 Å². The van der Waals surface area contributed by atoms with Gasteiger partial charge in [-0.3, -0.25) is 9.10 Å². The van der Waals surface area contributed by atoms with Gasteiger partial charge < -0.3 is 24.6 Å². The molecule has 0 aliphatic carbocycles. The van der Waals surface area contributed by atoms with Crippen molar-refractivity contribution in [3.8, 4) is 17.2 Å². The van der Waals surface area contributed by atoms with E-state index in [1.54, 1.807) is 54.6 Å². The predicted octanol–water partition coefficient (Wildman–Crippen LogP) is 2.72. The SMILES string of the molecule is Cc1ccc(S(=O)(=O)N(C)c2ccc(C(=O)NCC(O)COc3ccc4c(c3)OCO4)cc2)cc1. The Morgan fingerprint density at radius 1 is 1.06 bits per heavy atom. The number of aliphatic hydroxyl groups excluding tert-OH is 1. The van der Waals surface area contributed by atoms with Crippen LogP contribution in [-0.4, -0.2) is 52.5 Å². The van der Waals surface area contributed by atoms with Gasteiger partial charge in [0, 0.05) is 25.2 Å². The first-order valence-corrected chi connectivity index (χ1v) is 12.3. The van der Waals surface area contributed by atoms with Gasteiger partial charge in [-0.2, -0.15) is 0 Å². The number of amides is 1. The van der Waals surface area contributed by atoms with E-state index in [4.69, 9.17) is 14.2 Å². The van der Waals surface area contributed by atoms with Crippen LogP contribution >= 0.6 is 0 Å². The van der Waals surface area contributed by atoms with Crippen LogP contribution in [0.5, 0.6) is 17.2 Å². The van der Waals surface area contributed by atoms with Gasteiger partial charge in [0.25, 0.3) is 15.9 Å². The Bertz CT molecular complexity index is 1290. The third-order valence-electron chi connectivity index (χ3n) is 5.46. The number of sulfonamides is 1. The molecular weight excluding hydrogens is 472 g/mol. The molecule has 0 fully saturated rings. The van der Waals surface area contributed by atoms with E-state index in [2.05, 4.69) is 5.32 Å². The maximum absolute atomic E-state index is 12.9. The fourth-order valence-corrected chi connectivity index (χ4v) is 4.56. The Hall–Kier alpha value is -3.76. The number of carbonyl (C=O) groups is 1. The van der Waals surface area contributed by atoms with Crippen molar-refractivity contribution < 1.29 is 32.5 Å². The Labute approximate surface area is 203 Å². The van der Waals surface area contributed by atoms with Gasteiger partial charge in [-0.05, 0) is 55.5 Å². The van der Waals surface area contributed by atoms with Crippen LogP contribution in [0, 0.1) is 6.92 Å². The lowest BCUT2D eigenvalue weighted by molar-refractivity contribution is 0.0843. The van der Waals surface area contributed by atoms with E-state index in [0.29, 0.717) is 28.5 Å². The Kier molecular flexibility index (Phi) is 7.13. The van der Waals surface area contributed by atoms with Crippen LogP contribution in [0.25, 0.3) is 0 Å². The molecule has 2 N–H and O–H groups in total. The fraction of sp³-hybridized carbons (Fsp3) is 0.240. The maximum Gasteiger partial charge on any atom is 0.264 e. The van der Waals surface area contributed by atoms with Gasteiger partial charge in [0.1, 0.15) is 18.5 Å². The molecule has 3 aromatic rings. The molecular formula is C25H26N2O7S. The molecule has 0 spiro atoms. The minimum Gasteiger partial charge on any atom is -0.491 e. The smallest absolute Gasteiger partial charge is 0.264 e. The average molecular weight is 499 g/mol. The molecule has 9 nitrogen and oxygen atoms in total. The van der Waals surface area contributed by atoms with Crippen molar-refractivity contribution in [2.75, 3.05) is 31.3 Å². The van der Waals surface area contributed by atoms with Gasteiger partial charge in [0.05, 0.1) is 10.6 Å². The van der Waals surface area contributed by atoms with Gasteiger partial charge in [-0.1, -0.05) is 17.7 Å². The summed E-state index contributed by atoms with van der Waals surface area (Å²) in [5, 5.41) is 12.8. The summed E-state index contributed by atoms with van der Waals surface area (Å²) >= 11 is 0. The van der Waals surface area contributed by atoms with E-state index in [0.717, 1.165) is 9.87 Å². The third kappa shape index (κ3) is 5.67. The molecule has 1 heterocycles. The predicted molar refractivity (Wildman–Crippen MR) is 130 cm³/mol. The Morgan fingerprint density at radius 2 is 1.74 bits per heavy atom. The average Bonchev–Trinajstić information content (AvgIpc) is 3.34. The summed E-state index contributed by atoms with van der Waals surface area (Å²) < 4.78 is 42.9. The fourth-order valence-electron chi connectivity index (χ4n) is 3.36. The number of carbonyl (C=O) groups excluding carboxylic acids is 1. The second-order valence-corrected chi connectivity index (χ2v) is 9.99. The second kappa shape index (κ2) is 10.2. The maximum atomic E-state index is 12.9. The normalized spacial score (nSPS) is 13.2. The van der Waals surface area contributed by atoms with Crippen LogP contribution in [-0.2, 0) is 10.0 Å². The first-order valence-electron chi connectivity index (χ1n) is 10.9. The summed E-state index contributed by atoms with van der Waals surface area (Å²) in [6.45, 7) is 2.00. The van der Waals surface area contributed by atoms with Crippen LogP contribution in [0.4, 0.5) is 5.69 Å². The number of nitrogens with zero attached hydrogens (tertiary/aromatic N) is 1. The molecule has 0 bridgehead atoms. The van der Waals surface area contributed by atoms with Crippen molar-refractivity contribution in [1.29, 1.82) is 0 Å². The van der Waals surface area contributed by atoms with Crippen molar-refractivity contribution in [1.82, 2.24) is 5.32 Å². The number of ether oxygens (including phenoxy) is 3. The number of benzene rings is 3. The molecule has 35 heavy (non-hydrogen) atoms. The molecule has 0 radical (unpaired) electrons. The van der Waals surface area contributed by atoms with E-state index in [-0.39, 0.29) is 24.8 Å². The monoisotopic (exact) mass is 498 g/mol. The number of aryl methyl sites for hydroxylation is 1. The molecule has 1 aliphatic heterocycles. The van der Waals surface area contributed by atoms with Gasteiger partial charge in [-0.15, -0.1) is 0 Å². The molecule has 184 valence electrons. The molecule has 1 amide bonds. The number of hydrogen-bond acceptors (Lipinski definition) is 7. The lowest BCUT2D eigenvalue weighted by Gasteiger charge is -2.20. The minimum absolute atomic E-state index is 0.0210. The van der Waals surface area contributed by atoms with E-state index in [9.17, 15) is 18.3 Å². The van der Waals surface area contributed by atoms with Crippen molar-refractivity contribution in [2.45, 2.75) is 17.9 Å². The van der Waals surface area contributed by atoms with Crippen LogP contribution in [0.15, 0.2) is 71.6 Å². The quantitative estimate of drug-likeness (QED) is 0.466. The molecule has 0 saturated carbocycles. The standard InChI is InChI=1S/C25H26N2O7S/c1-17-3-10-22(11-4-17)35(30,31)27(2)19-7-5-18(6-8-19)25(29)26-14-20(28)15-32-21-9-12-23-24(13-21)34-16-33-23/h3-13,20,28H,14-16H2,1-2H3,(H,26,29). The largest absolute Gasteiger partial charge is 0.491 e. The lowest BCUT2D eigenvalue weighted by atomic mass is 10.2. The number of aliphatic hydroxyl groups is 1. The minimum atomic E-state index is -3.73. The molecule has 10 heteroatoms. The summed E-state index contributed by atoms with van der Waals surface area (Å²) in [6.07, 6.45) is -0.936. The van der Waals surface area contributed by atoms with Gasteiger partial charge in [0.15, 0.2) is 11.5 Å². The second-order valence-electron chi connectivity index (χ2n) is 8.02. The van der Waals surface area contributed by atoms with E-state index < -0.39 is 22.0 Å². The van der Waals surface area contributed by atoms with Crippen molar-refractivity contribution in [3.63, 3.8) is 0 Å². The van der Waals surface area contributed by atoms with Gasteiger partial charge in [0.2, 0.25) is 6.79 Å². The Balaban J connectivity index is 1.29. The van der Waals surface area contributed by atoms with Crippen molar-refractivity contribution in [3.05, 3.63) is 77.9 Å². The van der Waals surface area contributed by atoms with Crippen LogP contribution in [0.1, 0.15) is 15.9 Å². The molecule has 1 atom stereocenters. The van der Waals surface area contributed by atoms with Crippen LogP contribution in [0.3, 0.4) is 0 Å². The zero-order chi connectivity index (χ0) is 25.0. The molecule has 1 unspecified atom stereocenters. The highest BCUT2D eigenvalue weighted by Gasteiger charge is 2.21. The zero-order valence-electron chi connectivity index (χ0n) is 19.3. The van der Waals surface area contributed by atoms with E-state index in [1.165, 1.54) is 19.2 Å². The van der Waals surface area contributed by atoms with E-state index in [1.807, 2.05) is 6.92 Å². The lowest BCUT2D eigenvalue weighted by Crippen LogP contribution is -2.35. The van der Waals surface area contributed by atoms with Crippen molar-refractivity contribution in [2.24, 2.45) is 0 Å². The molecule has 3 aromatic carbocycles.